The lowest BCUT2D eigenvalue weighted by Crippen LogP contribution is -2.16. The Morgan fingerprint density at radius 1 is 1.50 bits per heavy atom. The van der Waals surface area contributed by atoms with Gasteiger partial charge in [0, 0.05) is 6.54 Å². The van der Waals surface area contributed by atoms with E-state index in [1.807, 2.05) is 32.2 Å². The van der Waals surface area contributed by atoms with E-state index in [2.05, 4.69) is 11.4 Å². The summed E-state index contributed by atoms with van der Waals surface area (Å²) < 4.78 is 5.44. The third-order valence-electron chi connectivity index (χ3n) is 1.87. The highest BCUT2D eigenvalue weighted by Crippen LogP contribution is 2.18. The smallest absolute Gasteiger partial charge is 0.137 e. The van der Waals surface area contributed by atoms with Gasteiger partial charge in [-0.05, 0) is 31.7 Å². The molecule has 3 heteroatoms. The number of nitriles is 1. The summed E-state index contributed by atoms with van der Waals surface area (Å²) in [7, 11) is 1.86. The van der Waals surface area contributed by atoms with Crippen molar-refractivity contribution in [3.63, 3.8) is 0 Å². The fourth-order valence-corrected chi connectivity index (χ4v) is 1.12. The van der Waals surface area contributed by atoms with E-state index in [9.17, 15) is 0 Å². The van der Waals surface area contributed by atoms with E-state index in [1.165, 1.54) is 0 Å². The van der Waals surface area contributed by atoms with Gasteiger partial charge in [0.2, 0.25) is 0 Å². The molecule has 0 aromatic heterocycles. The monoisotopic (exact) mass is 190 g/mol. The number of hydrogen-bond acceptors (Lipinski definition) is 3. The van der Waals surface area contributed by atoms with Gasteiger partial charge in [-0.15, -0.1) is 0 Å². The fraction of sp³-hybridized carbons (Fsp3) is 0.364. The zero-order valence-electron chi connectivity index (χ0n) is 8.50. The average Bonchev–Trinajstić information content (AvgIpc) is 2.20. The molecule has 1 aromatic carbocycles. The molecule has 74 valence electrons. The van der Waals surface area contributed by atoms with E-state index in [0.29, 0.717) is 17.9 Å². The minimum Gasteiger partial charge on any atom is -0.491 e. The second-order valence-corrected chi connectivity index (χ2v) is 3.06. The van der Waals surface area contributed by atoms with Gasteiger partial charge in [-0.2, -0.15) is 5.26 Å². The minimum absolute atomic E-state index is 0.578. The summed E-state index contributed by atoms with van der Waals surface area (Å²) >= 11 is 0. The molecule has 0 aliphatic rings. The number of nitrogens with one attached hydrogen (secondary N) is 1. The average molecular weight is 190 g/mol. The highest BCUT2D eigenvalue weighted by Gasteiger charge is 2.02. The van der Waals surface area contributed by atoms with Gasteiger partial charge in [-0.1, -0.05) is 6.07 Å². The minimum atomic E-state index is 0.578. The van der Waals surface area contributed by atoms with E-state index in [0.717, 1.165) is 12.1 Å². The van der Waals surface area contributed by atoms with Crippen molar-refractivity contribution >= 4 is 0 Å². The molecule has 0 atom stereocenters. The Kier molecular flexibility index (Phi) is 3.96. The standard InChI is InChI=1S/C11H14N2O/c1-9-3-4-11(10(7-9)8-12)14-6-5-13-2/h3-4,7,13H,5-6H2,1-2H3. The molecule has 0 aliphatic carbocycles. The number of aryl methyl sites for hydroxylation is 1. The SMILES string of the molecule is CNCCOc1ccc(C)cc1C#N. The topological polar surface area (TPSA) is 45.0 Å². The van der Waals surface area contributed by atoms with Crippen LogP contribution in [0.5, 0.6) is 5.75 Å². The molecule has 1 rings (SSSR count). The predicted molar refractivity (Wildman–Crippen MR) is 55.3 cm³/mol. The van der Waals surface area contributed by atoms with Crippen LogP contribution in [0, 0.1) is 18.3 Å². The molecule has 1 aromatic rings. The van der Waals surface area contributed by atoms with Gasteiger partial charge in [0.25, 0.3) is 0 Å². The largest absolute Gasteiger partial charge is 0.491 e. The van der Waals surface area contributed by atoms with Crippen molar-refractivity contribution in [2.75, 3.05) is 20.2 Å². The maximum Gasteiger partial charge on any atom is 0.137 e. The molecule has 0 bridgehead atoms. The number of likely N-dealkylation sites (N-methyl/N-ethyl adjacent to an activating group) is 1. The van der Waals surface area contributed by atoms with E-state index in [4.69, 9.17) is 10.00 Å². The molecule has 0 aliphatic heterocycles. The molecule has 0 amide bonds. The van der Waals surface area contributed by atoms with Crippen molar-refractivity contribution in [2.24, 2.45) is 0 Å². The highest BCUT2D eigenvalue weighted by molar-refractivity contribution is 5.45. The summed E-state index contributed by atoms with van der Waals surface area (Å²) in [5, 5.41) is 11.8. The van der Waals surface area contributed by atoms with Gasteiger partial charge in [0.05, 0.1) is 5.56 Å². The quantitative estimate of drug-likeness (QED) is 0.731. The Morgan fingerprint density at radius 3 is 2.93 bits per heavy atom. The van der Waals surface area contributed by atoms with Crippen LogP contribution in [0.3, 0.4) is 0 Å². The summed E-state index contributed by atoms with van der Waals surface area (Å²) in [5.74, 6) is 0.661. The maximum atomic E-state index is 8.85. The third kappa shape index (κ3) is 2.75. The second-order valence-electron chi connectivity index (χ2n) is 3.06. The van der Waals surface area contributed by atoms with Crippen LogP contribution in [0.15, 0.2) is 18.2 Å². The molecule has 14 heavy (non-hydrogen) atoms. The Hall–Kier alpha value is -1.53. The van der Waals surface area contributed by atoms with E-state index in [-0.39, 0.29) is 0 Å². The summed E-state index contributed by atoms with van der Waals surface area (Å²) in [6.07, 6.45) is 0. The molecule has 0 saturated heterocycles. The molecule has 1 N–H and O–H groups in total. The molecule has 0 saturated carbocycles. The number of ether oxygens (including phenoxy) is 1. The Morgan fingerprint density at radius 2 is 2.29 bits per heavy atom. The first kappa shape index (κ1) is 10.6. The van der Waals surface area contributed by atoms with Gasteiger partial charge in [-0.3, -0.25) is 0 Å². The summed E-state index contributed by atoms with van der Waals surface area (Å²) in [6, 6.07) is 7.72. The van der Waals surface area contributed by atoms with Crippen molar-refractivity contribution in [3.8, 4) is 11.8 Å². The van der Waals surface area contributed by atoms with Gasteiger partial charge >= 0.3 is 0 Å². The molecule has 0 fully saturated rings. The number of nitrogens with zero attached hydrogens (tertiary/aromatic N) is 1. The highest BCUT2D eigenvalue weighted by atomic mass is 16.5. The number of benzene rings is 1. The van der Waals surface area contributed by atoms with Crippen LogP contribution in [-0.2, 0) is 0 Å². The number of hydrogen-bond donors (Lipinski definition) is 1. The van der Waals surface area contributed by atoms with Crippen molar-refractivity contribution in [1.29, 1.82) is 5.26 Å². The van der Waals surface area contributed by atoms with Crippen LogP contribution in [0.1, 0.15) is 11.1 Å². The van der Waals surface area contributed by atoms with Crippen LogP contribution in [-0.4, -0.2) is 20.2 Å². The van der Waals surface area contributed by atoms with Crippen molar-refractivity contribution in [2.45, 2.75) is 6.92 Å². The first-order valence-electron chi connectivity index (χ1n) is 4.56. The van der Waals surface area contributed by atoms with E-state index >= 15 is 0 Å². The van der Waals surface area contributed by atoms with Crippen molar-refractivity contribution in [1.82, 2.24) is 5.32 Å². The molecule has 3 nitrogen and oxygen atoms in total. The molecule has 0 spiro atoms. The molecule has 0 heterocycles. The van der Waals surface area contributed by atoms with E-state index < -0.39 is 0 Å². The van der Waals surface area contributed by atoms with Crippen LogP contribution >= 0.6 is 0 Å². The fourth-order valence-electron chi connectivity index (χ4n) is 1.12. The molecular formula is C11H14N2O. The first-order chi connectivity index (χ1) is 6.77. The van der Waals surface area contributed by atoms with Crippen molar-refractivity contribution < 1.29 is 4.74 Å². The third-order valence-corrected chi connectivity index (χ3v) is 1.87. The van der Waals surface area contributed by atoms with Gasteiger partial charge in [0.1, 0.15) is 18.4 Å². The summed E-state index contributed by atoms with van der Waals surface area (Å²) in [4.78, 5) is 0. The van der Waals surface area contributed by atoms with Gasteiger partial charge in [-0.25, -0.2) is 0 Å². The van der Waals surface area contributed by atoms with Gasteiger partial charge in [0.15, 0.2) is 0 Å². The lowest BCUT2D eigenvalue weighted by atomic mass is 10.1. The van der Waals surface area contributed by atoms with Crippen LogP contribution < -0.4 is 10.1 Å². The van der Waals surface area contributed by atoms with Gasteiger partial charge < -0.3 is 10.1 Å². The van der Waals surface area contributed by atoms with E-state index in [1.54, 1.807) is 0 Å². The maximum absolute atomic E-state index is 8.85. The lowest BCUT2D eigenvalue weighted by Gasteiger charge is -2.07. The van der Waals surface area contributed by atoms with Crippen molar-refractivity contribution in [3.05, 3.63) is 29.3 Å². The lowest BCUT2D eigenvalue weighted by molar-refractivity contribution is 0.317. The normalized spacial score (nSPS) is 9.50. The molecule has 0 radical (unpaired) electrons. The predicted octanol–water partition coefficient (Wildman–Crippen LogP) is 1.46. The van der Waals surface area contributed by atoms with Crippen LogP contribution in [0.4, 0.5) is 0 Å². The number of rotatable bonds is 4. The summed E-state index contributed by atoms with van der Waals surface area (Å²) in [6.45, 7) is 3.31. The van der Waals surface area contributed by atoms with Crippen LogP contribution in [0.2, 0.25) is 0 Å². The Labute approximate surface area is 84.3 Å². The molecular weight excluding hydrogens is 176 g/mol. The Bertz CT molecular complexity index is 342. The van der Waals surface area contributed by atoms with Crippen LogP contribution in [0.25, 0.3) is 0 Å². The zero-order chi connectivity index (χ0) is 10.4. The zero-order valence-corrected chi connectivity index (χ0v) is 8.50. The Balaban J connectivity index is 2.72. The molecule has 0 unspecified atom stereocenters. The second kappa shape index (κ2) is 5.25. The summed E-state index contributed by atoms with van der Waals surface area (Å²) in [5.41, 5.74) is 1.67. The first-order valence-corrected chi connectivity index (χ1v) is 4.56.